The number of rotatable bonds is 2. The summed E-state index contributed by atoms with van der Waals surface area (Å²) in [5.74, 6) is 1.98. The van der Waals surface area contributed by atoms with E-state index in [2.05, 4.69) is 43.3 Å². The quantitative estimate of drug-likeness (QED) is 0.801. The summed E-state index contributed by atoms with van der Waals surface area (Å²) in [5.41, 5.74) is 4.18. The second-order valence-corrected chi connectivity index (χ2v) is 9.48. The Kier molecular flexibility index (Phi) is 4.29. The third-order valence-electron chi connectivity index (χ3n) is 8.05. The number of hydrogen-bond acceptors (Lipinski definition) is 3. The van der Waals surface area contributed by atoms with Gasteiger partial charge in [0.2, 0.25) is 0 Å². The van der Waals surface area contributed by atoms with Crippen LogP contribution >= 0.6 is 0 Å². The molecule has 0 saturated heterocycles. The third-order valence-corrected chi connectivity index (χ3v) is 8.05. The second kappa shape index (κ2) is 6.60. The standard InChI is InChI=1S/C25H30O3/c1-25-11-10-19-18-9-8-17(26)12-16(18)13-20(15-6-4-3-5-7-15)22(19)23(25)24(28-2)21(27)14-25/h3-9,12,19-24,26-27H,10-11,13-14H2,1-2H3/t19-,20+,21+,22+,23-,24+,25-/m1/s1. The number of methoxy groups -OCH3 is 1. The number of benzene rings is 2. The van der Waals surface area contributed by atoms with E-state index in [0.717, 1.165) is 25.7 Å². The average Bonchev–Trinajstić information content (AvgIpc) is 2.96. The first-order chi connectivity index (χ1) is 13.5. The molecule has 0 amide bonds. The molecule has 0 heterocycles. The predicted octanol–water partition coefficient (Wildman–Crippen LogP) is 4.63. The molecule has 2 aromatic carbocycles. The number of phenolic OH excluding ortho intramolecular Hbond substituents is 1. The van der Waals surface area contributed by atoms with Crippen LogP contribution in [0.5, 0.6) is 5.75 Å². The van der Waals surface area contributed by atoms with Gasteiger partial charge in [-0.25, -0.2) is 0 Å². The molecule has 2 saturated carbocycles. The topological polar surface area (TPSA) is 49.7 Å². The van der Waals surface area contributed by atoms with Gasteiger partial charge in [-0.2, -0.15) is 0 Å². The maximum atomic E-state index is 10.8. The molecule has 0 unspecified atom stereocenters. The summed E-state index contributed by atoms with van der Waals surface area (Å²) in [6.07, 6.45) is 3.57. The van der Waals surface area contributed by atoms with Crippen LogP contribution in [-0.2, 0) is 11.2 Å². The van der Waals surface area contributed by atoms with E-state index < -0.39 is 0 Å². The number of phenols is 1. The highest BCUT2D eigenvalue weighted by Crippen LogP contribution is 2.64. The van der Waals surface area contributed by atoms with Gasteiger partial charge in [0, 0.05) is 7.11 Å². The zero-order valence-corrected chi connectivity index (χ0v) is 16.7. The highest BCUT2D eigenvalue weighted by atomic mass is 16.5. The Bertz CT molecular complexity index is 863. The highest BCUT2D eigenvalue weighted by Gasteiger charge is 2.60. The minimum absolute atomic E-state index is 0.0947. The van der Waals surface area contributed by atoms with Gasteiger partial charge in [-0.3, -0.25) is 0 Å². The average molecular weight is 379 g/mol. The van der Waals surface area contributed by atoms with E-state index in [-0.39, 0.29) is 17.6 Å². The highest BCUT2D eigenvalue weighted by molar-refractivity contribution is 5.43. The number of fused-ring (bicyclic) bond motifs is 5. The maximum Gasteiger partial charge on any atom is 0.115 e. The molecular formula is C25H30O3. The molecule has 3 aliphatic rings. The summed E-state index contributed by atoms with van der Waals surface area (Å²) >= 11 is 0. The Morgan fingerprint density at radius 2 is 1.86 bits per heavy atom. The Morgan fingerprint density at radius 1 is 1.07 bits per heavy atom. The Balaban J connectivity index is 1.67. The lowest BCUT2D eigenvalue weighted by Crippen LogP contribution is -2.47. The fraction of sp³-hybridized carbons (Fsp3) is 0.520. The van der Waals surface area contributed by atoms with Gasteiger partial charge < -0.3 is 14.9 Å². The van der Waals surface area contributed by atoms with Gasteiger partial charge in [-0.15, -0.1) is 0 Å². The molecular weight excluding hydrogens is 348 g/mol. The van der Waals surface area contributed by atoms with Gasteiger partial charge in [0.15, 0.2) is 0 Å². The van der Waals surface area contributed by atoms with Crippen LogP contribution in [0.25, 0.3) is 0 Å². The van der Waals surface area contributed by atoms with Crippen molar-refractivity contribution in [3.8, 4) is 5.75 Å². The van der Waals surface area contributed by atoms with Crippen molar-refractivity contribution in [3.63, 3.8) is 0 Å². The van der Waals surface area contributed by atoms with E-state index >= 15 is 0 Å². The lowest BCUT2D eigenvalue weighted by Gasteiger charge is -2.53. The van der Waals surface area contributed by atoms with Crippen molar-refractivity contribution in [2.24, 2.45) is 17.3 Å². The van der Waals surface area contributed by atoms with E-state index in [0.29, 0.717) is 29.4 Å². The molecule has 0 bridgehead atoms. The Labute approximate surface area is 167 Å². The van der Waals surface area contributed by atoms with Crippen molar-refractivity contribution in [1.29, 1.82) is 0 Å². The zero-order chi connectivity index (χ0) is 19.5. The van der Waals surface area contributed by atoms with Crippen LogP contribution in [-0.4, -0.2) is 29.5 Å². The normalized spacial score (nSPS) is 39.1. The number of hydrogen-bond donors (Lipinski definition) is 2. The van der Waals surface area contributed by atoms with E-state index in [1.54, 1.807) is 7.11 Å². The van der Waals surface area contributed by atoms with E-state index in [1.165, 1.54) is 16.7 Å². The molecule has 5 rings (SSSR count). The molecule has 148 valence electrons. The van der Waals surface area contributed by atoms with Crippen LogP contribution in [0.4, 0.5) is 0 Å². The lowest BCUT2D eigenvalue weighted by atomic mass is 9.51. The van der Waals surface area contributed by atoms with Crippen LogP contribution < -0.4 is 0 Å². The molecule has 0 aliphatic heterocycles. The zero-order valence-electron chi connectivity index (χ0n) is 16.7. The molecule has 7 atom stereocenters. The predicted molar refractivity (Wildman–Crippen MR) is 109 cm³/mol. The van der Waals surface area contributed by atoms with Gasteiger partial charge in [0.25, 0.3) is 0 Å². The van der Waals surface area contributed by atoms with Crippen LogP contribution in [0.3, 0.4) is 0 Å². The van der Waals surface area contributed by atoms with Crippen molar-refractivity contribution in [2.75, 3.05) is 7.11 Å². The first-order valence-corrected chi connectivity index (χ1v) is 10.6. The fourth-order valence-electron chi connectivity index (χ4n) is 6.99. The fourth-order valence-corrected chi connectivity index (χ4v) is 6.99. The van der Waals surface area contributed by atoms with Crippen molar-refractivity contribution < 1.29 is 14.9 Å². The SMILES string of the molecule is CO[C@@H]1[C@H]2[C@H]3[C@H](CC[C@]2(C)C[C@@H]1O)c1ccc(O)cc1C[C@H]3c1ccccc1. The van der Waals surface area contributed by atoms with Crippen LogP contribution in [0.2, 0.25) is 0 Å². The van der Waals surface area contributed by atoms with Gasteiger partial charge in [0.1, 0.15) is 5.75 Å². The van der Waals surface area contributed by atoms with Gasteiger partial charge in [0.05, 0.1) is 12.2 Å². The van der Waals surface area contributed by atoms with Crippen molar-refractivity contribution >= 4 is 0 Å². The van der Waals surface area contributed by atoms with Gasteiger partial charge in [-0.05, 0) is 83.6 Å². The number of aliphatic hydroxyl groups is 1. The lowest BCUT2D eigenvalue weighted by molar-refractivity contribution is -0.0606. The van der Waals surface area contributed by atoms with E-state index in [9.17, 15) is 10.2 Å². The Hall–Kier alpha value is -1.84. The first-order valence-electron chi connectivity index (χ1n) is 10.6. The maximum absolute atomic E-state index is 10.8. The van der Waals surface area contributed by atoms with E-state index in [4.69, 9.17) is 4.74 Å². The summed E-state index contributed by atoms with van der Waals surface area (Å²) < 4.78 is 5.91. The summed E-state index contributed by atoms with van der Waals surface area (Å²) in [4.78, 5) is 0. The molecule has 3 heteroatoms. The van der Waals surface area contributed by atoms with Gasteiger partial charge >= 0.3 is 0 Å². The van der Waals surface area contributed by atoms with Gasteiger partial charge in [-0.1, -0.05) is 43.3 Å². The van der Waals surface area contributed by atoms with Crippen molar-refractivity contribution in [3.05, 3.63) is 65.2 Å². The largest absolute Gasteiger partial charge is 0.508 e. The Morgan fingerprint density at radius 3 is 2.61 bits per heavy atom. The minimum Gasteiger partial charge on any atom is -0.508 e. The monoisotopic (exact) mass is 378 g/mol. The second-order valence-electron chi connectivity index (χ2n) is 9.48. The minimum atomic E-state index is -0.378. The molecule has 3 aliphatic carbocycles. The van der Waals surface area contributed by atoms with Crippen LogP contribution in [0.1, 0.15) is 54.7 Å². The molecule has 2 N–H and O–H groups in total. The molecule has 0 spiro atoms. The number of ether oxygens (including phenoxy) is 1. The third kappa shape index (κ3) is 2.63. The molecule has 0 radical (unpaired) electrons. The summed E-state index contributed by atoms with van der Waals surface area (Å²) in [7, 11) is 1.76. The smallest absolute Gasteiger partial charge is 0.115 e. The summed E-state index contributed by atoms with van der Waals surface area (Å²) in [6.45, 7) is 2.37. The molecule has 2 aromatic rings. The first kappa shape index (κ1) is 18.2. The van der Waals surface area contributed by atoms with E-state index in [1.807, 2.05) is 12.1 Å². The van der Waals surface area contributed by atoms with Crippen molar-refractivity contribution in [2.45, 2.75) is 56.7 Å². The molecule has 2 fully saturated rings. The molecule has 3 nitrogen and oxygen atoms in total. The molecule has 28 heavy (non-hydrogen) atoms. The van der Waals surface area contributed by atoms with Crippen LogP contribution in [0.15, 0.2) is 48.5 Å². The van der Waals surface area contributed by atoms with Crippen molar-refractivity contribution in [1.82, 2.24) is 0 Å². The summed E-state index contributed by atoms with van der Waals surface area (Å²) in [6, 6.07) is 16.8. The summed E-state index contributed by atoms with van der Waals surface area (Å²) in [5, 5.41) is 20.9. The number of aromatic hydroxyl groups is 1. The molecule has 0 aromatic heterocycles. The van der Waals surface area contributed by atoms with Crippen LogP contribution in [0, 0.1) is 17.3 Å². The number of aliphatic hydroxyl groups excluding tert-OH is 1.